The number of hydrogen-bond donors (Lipinski definition) is 2. The SMILES string of the molecule is COc1cc(C(=O)CCC(O)(CC2=CCN=N2)c2ccc(OC)c(-c3ccc(F)c(C)c3)n2)ccc1OCCO. The molecule has 10 heteroatoms. The zero-order valence-corrected chi connectivity index (χ0v) is 22.7. The van der Waals surface area contributed by atoms with Gasteiger partial charge in [-0.05, 0) is 73.5 Å². The second-order valence-corrected chi connectivity index (χ2v) is 9.40. The minimum atomic E-state index is -1.56. The van der Waals surface area contributed by atoms with Gasteiger partial charge in [-0.2, -0.15) is 10.2 Å². The molecule has 210 valence electrons. The van der Waals surface area contributed by atoms with Crippen molar-refractivity contribution in [3.8, 4) is 28.5 Å². The van der Waals surface area contributed by atoms with Crippen molar-refractivity contribution in [2.45, 2.75) is 31.8 Å². The number of methoxy groups -OCH3 is 2. The molecule has 0 fully saturated rings. The number of hydrogen-bond acceptors (Lipinski definition) is 9. The van der Waals surface area contributed by atoms with Gasteiger partial charge in [-0.1, -0.05) is 0 Å². The second kappa shape index (κ2) is 12.8. The Hall–Kier alpha value is -4.15. The van der Waals surface area contributed by atoms with Crippen molar-refractivity contribution >= 4 is 5.78 Å². The van der Waals surface area contributed by atoms with Gasteiger partial charge in [0.15, 0.2) is 17.3 Å². The van der Waals surface area contributed by atoms with Gasteiger partial charge in [0.2, 0.25) is 0 Å². The fourth-order valence-corrected chi connectivity index (χ4v) is 4.48. The van der Waals surface area contributed by atoms with Crippen molar-refractivity contribution in [2.24, 2.45) is 10.2 Å². The van der Waals surface area contributed by atoms with Crippen LogP contribution in [0.5, 0.6) is 17.2 Å². The normalized spacial score (nSPS) is 14.0. The van der Waals surface area contributed by atoms with E-state index in [2.05, 4.69) is 10.2 Å². The molecule has 1 aliphatic rings. The Bertz CT molecular complexity index is 1440. The van der Waals surface area contributed by atoms with Gasteiger partial charge in [-0.3, -0.25) is 4.79 Å². The highest BCUT2D eigenvalue weighted by Gasteiger charge is 2.34. The lowest BCUT2D eigenvalue weighted by Crippen LogP contribution is -2.29. The highest BCUT2D eigenvalue weighted by Crippen LogP contribution is 2.38. The number of aryl methyl sites for hydroxylation is 1. The molecular weight excluding hydrogens is 517 g/mol. The molecular formula is C30H32FN3O6. The molecule has 0 saturated carbocycles. The smallest absolute Gasteiger partial charge is 0.163 e. The van der Waals surface area contributed by atoms with E-state index in [0.29, 0.717) is 57.6 Å². The van der Waals surface area contributed by atoms with E-state index in [9.17, 15) is 14.3 Å². The minimum Gasteiger partial charge on any atom is -0.494 e. The number of ketones is 1. The van der Waals surface area contributed by atoms with Gasteiger partial charge in [-0.25, -0.2) is 9.37 Å². The molecule has 0 amide bonds. The van der Waals surface area contributed by atoms with Gasteiger partial charge < -0.3 is 24.4 Å². The maximum atomic E-state index is 14.0. The Morgan fingerprint density at radius 1 is 1.05 bits per heavy atom. The lowest BCUT2D eigenvalue weighted by atomic mass is 9.86. The molecule has 0 bridgehead atoms. The van der Waals surface area contributed by atoms with Gasteiger partial charge in [0.25, 0.3) is 0 Å². The summed E-state index contributed by atoms with van der Waals surface area (Å²) in [5.41, 5.74) is 1.28. The van der Waals surface area contributed by atoms with Gasteiger partial charge >= 0.3 is 0 Å². The number of nitrogens with zero attached hydrogens (tertiary/aromatic N) is 3. The number of aliphatic hydroxyl groups excluding tert-OH is 1. The molecule has 1 atom stereocenters. The van der Waals surface area contributed by atoms with Gasteiger partial charge in [-0.15, -0.1) is 0 Å². The third-order valence-corrected chi connectivity index (χ3v) is 6.67. The van der Waals surface area contributed by atoms with Crippen LogP contribution in [-0.4, -0.2) is 55.0 Å². The molecule has 2 heterocycles. The number of Topliss-reactive ketones (excluding diaryl/α,β-unsaturated/α-hetero) is 1. The lowest BCUT2D eigenvalue weighted by molar-refractivity contribution is 0.0210. The first-order chi connectivity index (χ1) is 19.3. The standard InChI is InChI=1S/C30H32FN3O6/c1-19-16-21(4-6-23(19)31)29-26(38-2)8-9-28(33-29)30(37,18-22-11-13-32-34-22)12-10-24(36)20-5-7-25(40-15-14-35)27(17-20)39-3/h4-9,11,16-17,35,37H,10,12-15,18H2,1-3H3. The molecule has 2 N–H and O–H groups in total. The Morgan fingerprint density at radius 3 is 2.50 bits per heavy atom. The number of aliphatic hydroxyl groups is 2. The van der Waals surface area contributed by atoms with E-state index in [1.807, 2.05) is 6.08 Å². The van der Waals surface area contributed by atoms with E-state index in [4.69, 9.17) is 24.3 Å². The number of carbonyl (C=O) groups excluding carboxylic acids is 1. The maximum absolute atomic E-state index is 14.0. The van der Waals surface area contributed by atoms with Crippen LogP contribution >= 0.6 is 0 Å². The van der Waals surface area contributed by atoms with Crippen molar-refractivity contribution in [2.75, 3.05) is 34.0 Å². The zero-order chi connectivity index (χ0) is 28.7. The average molecular weight is 550 g/mol. The van der Waals surface area contributed by atoms with E-state index in [1.54, 1.807) is 49.4 Å². The number of pyridine rings is 1. The van der Waals surface area contributed by atoms with E-state index in [1.165, 1.54) is 20.3 Å². The predicted molar refractivity (Wildman–Crippen MR) is 146 cm³/mol. The van der Waals surface area contributed by atoms with Crippen LogP contribution in [0.2, 0.25) is 0 Å². The largest absolute Gasteiger partial charge is 0.494 e. The van der Waals surface area contributed by atoms with Crippen LogP contribution in [0.25, 0.3) is 11.3 Å². The summed E-state index contributed by atoms with van der Waals surface area (Å²) in [4.78, 5) is 18.0. The fraction of sp³-hybridized carbons (Fsp3) is 0.333. The Labute approximate surface area is 232 Å². The number of rotatable bonds is 13. The van der Waals surface area contributed by atoms with E-state index >= 15 is 0 Å². The Kier molecular flexibility index (Phi) is 9.23. The molecule has 3 aromatic rings. The third kappa shape index (κ3) is 6.52. The van der Waals surface area contributed by atoms with Crippen LogP contribution in [-0.2, 0) is 5.60 Å². The maximum Gasteiger partial charge on any atom is 0.163 e. The average Bonchev–Trinajstić information content (AvgIpc) is 3.48. The zero-order valence-electron chi connectivity index (χ0n) is 22.7. The number of ether oxygens (including phenoxy) is 3. The van der Waals surface area contributed by atoms with Crippen molar-refractivity contribution in [3.05, 3.63) is 82.9 Å². The molecule has 0 spiro atoms. The van der Waals surface area contributed by atoms with Crippen LogP contribution in [0.3, 0.4) is 0 Å². The minimum absolute atomic E-state index is 0.000377. The molecule has 1 aliphatic heterocycles. The summed E-state index contributed by atoms with van der Waals surface area (Å²) in [6.07, 6.45) is 1.96. The van der Waals surface area contributed by atoms with Crippen LogP contribution in [0.15, 0.2) is 70.5 Å². The van der Waals surface area contributed by atoms with E-state index < -0.39 is 5.60 Å². The third-order valence-electron chi connectivity index (χ3n) is 6.67. The van der Waals surface area contributed by atoms with Gasteiger partial charge in [0.05, 0.1) is 38.8 Å². The highest BCUT2D eigenvalue weighted by molar-refractivity contribution is 5.96. The first-order valence-electron chi connectivity index (χ1n) is 12.8. The summed E-state index contributed by atoms with van der Waals surface area (Å²) in [6.45, 7) is 2.03. The molecule has 1 aromatic heterocycles. The quantitative estimate of drug-likeness (QED) is 0.282. The Balaban J connectivity index is 1.65. The summed E-state index contributed by atoms with van der Waals surface area (Å²) >= 11 is 0. The summed E-state index contributed by atoms with van der Waals surface area (Å²) in [5.74, 6) is 0.687. The summed E-state index contributed by atoms with van der Waals surface area (Å²) < 4.78 is 30.3. The number of azo groups is 1. The molecule has 0 aliphatic carbocycles. The summed E-state index contributed by atoms with van der Waals surface area (Å²) in [7, 11) is 2.98. The van der Waals surface area contributed by atoms with Gasteiger partial charge in [0, 0.05) is 24.0 Å². The molecule has 2 aromatic carbocycles. The van der Waals surface area contributed by atoms with E-state index in [-0.39, 0.29) is 44.1 Å². The molecule has 40 heavy (non-hydrogen) atoms. The molecule has 0 radical (unpaired) electrons. The van der Waals surface area contributed by atoms with Crippen LogP contribution in [0, 0.1) is 12.7 Å². The Morgan fingerprint density at radius 2 is 1.82 bits per heavy atom. The van der Waals surface area contributed by atoms with Crippen molar-refractivity contribution in [1.82, 2.24) is 4.98 Å². The summed E-state index contributed by atoms with van der Waals surface area (Å²) in [6, 6.07) is 12.8. The van der Waals surface area contributed by atoms with Crippen molar-refractivity contribution in [1.29, 1.82) is 0 Å². The number of halogens is 1. The number of carbonyl (C=O) groups is 1. The van der Waals surface area contributed by atoms with Crippen LogP contribution in [0.1, 0.15) is 40.9 Å². The first kappa shape index (κ1) is 28.8. The molecule has 4 rings (SSSR count). The number of aromatic nitrogens is 1. The highest BCUT2D eigenvalue weighted by atomic mass is 19.1. The fourth-order valence-electron chi connectivity index (χ4n) is 4.48. The van der Waals surface area contributed by atoms with Crippen LogP contribution < -0.4 is 14.2 Å². The topological polar surface area (TPSA) is 123 Å². The second-order valence-electron chi connectivity index (χ2n) is 9.40. The summed E-state index contributed by atoms with van der Waals surface area (Å²) in [5, 5.41) is 29.1. The van der Waals surface area contributed by atoms with Crippen molar-refractivity contribution in [3.63, 3.8) is 0 Å². The molecule has 1 unspecified atom stereocenters. The molecule has 0 saturated heterocycles. The lowest BCUT2D eigenvalue weighted by Gasteiger charge is -2.28. The van der Waals surface area contributed by atoms with E-state index in [0.717, 1.165) is 0 Å². The van der Waals surface area contributed by atoms with Crippen LogP contribution in [0.4, 0.5) is 4.39 Å². The van der Waals surface area contributed by atoms with Gasteiger partial charge in [0.1, 0.15) is 29.5 Å². The predicted octanol–water partition coefficient (Wildman–Crippen LogP) is 5.17. The van der Waals surface area contributed by atoms with Crippen molar-refractivity contribution < 1.29 is 33.6 Å². The monoisotopic (exact) mass is 549 g/mol. The number of benzene rings is 2. The molecule has 9 nitrogen and oxygen atoms in total. The first-order valence-corrected chi connectivity index (χ1v) is 12.8.